The van der Waals surface area contributed by atoms with Gasteiger partial charge >= 0.3 is 5.97 Å². The lowest BCUT2D eigenvalue weighted by atomic mass is 9.89. The molecule has 1 aliphatic carbocycles. The maximum Gasteiger partial charge on any atom is 0.334 e. The Morgan fingerprint density at radius 1 is 1.69 bits per heavy atom. The minimum absolute atomic E-state index is 0.430. The third-order valence-electron chi connectivity index (χ3n) is 2.41. The van der Waals surface area contributed by atoms with Gasteiger partial charge in [-0.3, -0.25) is 0 Å². The average Bonchev–Trinajstić information content (AvgIpc) is 2.18. The van der Waals surface area contributed by atoms with Gasteiger partial charge in [-0.2, -0.15) is 0 Å². The molecule has 2 unspecified atom stereocenters. The third kappa shape index (κ3) is 3.19. The molecule has 0 aliphatic heterocycles. The van der Waals surface area contributed by atoms with Crippen LogP contribution in [0, 0.1) is 5.92 Å². The lowest BCUT2D eigenvalue weighted by Crippen LogP contribution is -2.25. The number of allylic oxidation sites excluding steroid dienone is 2. The van der Waals surface area contributed by atoms with E-state index in [0.29, 0.717) is 12.3 Å². The first-order chi connectivity index (χ1) is 6.24. The number of aliphatic hydroxyl groups is 1. The second-order valence-electron chi connectivity index (χ2n) is 3.43. The molecule has 0 bridgehead atoms. The smallest absolute Gasteiger partial charge is 0.334 e. The Morgan fingerprint density at radius 3 is 3.00 bits per heavy atom. The van der Waals surface area contributed by atoms with Crippen molar-refractivity contribution < 1.29 is 14.6 Å². The van der Waals surface area contributed by atoms with Crippen molar-refractivity contribution in [3.8, 4) is 0 Å². The second-order valence-corrected chi connectivity index (χ2v) is 3.43. The fraction of sp³-hybridized carbons (Fsp3) is 0.700. The lowest BCUT2D eigenvalue weighted by Gasteiger charge is -2.19. The topological polar surface area (TPSA) is 46.5 Å². The van der Waals surface area contributed by atoms with Crippen LogP contribution in [0.3, 0.4) is 0 Å². The SMILES string of the molecule is COC(=O)C(O)CC1CC=CCC1. The van der Waals surface area contributed by atoms with E-state index in [1.807, 2.05) is 0 Å². The summed E-state index contributed by atoms with van der Waals surface area (Å²) in [5.74, 6) is -0.0892. The molecule has 74 valence electrons. The molecule has 0 heterocycles. The molecule has 1 rings (SSSR count). The fourth-order valence-electron chi connectivity index (χ4n) is 1.62. The lowest BCUT2D eigenvalue weighted by molar-refractivity contribution is -0.151. The summed E-state index contributed by atoms with van der Waals surface area (Å²) < 4.78 is 4.45. The molecular formula is C10H16O3. The summed E-state index contributed by atoms with van der Waals surface area (Å²) in [6.45, 7) is 0. The fourth-order valence-corrected chi connectivity index (χ4v) is 1.62. The van der Waals surface area contributed by atoms with Crippen molar-refractivity contribution in [2.75, 3.05) is 7.11 Å². The Balaban J connectivity index is 2.30. The number of hydrogen-bond donors (Lipinski definition) is 1. The Labute approximate surface area is 78.4 Å². The maximum atomic E-state index is 10.9. The number of methoxy groups -OCH3 is 1. The molecule has 3 heteroatoms. The second kappa shape index (κ2) is 5.02. The Hall–Kier alpha value is -0.830. The highest BCUT2D eigenvalue weighted by molar-refractivity contribution is 5.74. The molecule has 0 saturated heterocycles. The van der Waals surface area contributed by atoms with Gasteiger partial charge in [0, 0.05) is 0 Å². The standard InChI is InChI=1S/C10H16O3/c1-13-10(12)9(11)7-8-5-3-2-4-6-8/h2-3,8-9,11H,4-7H2,1H3. The van der Waals surface area contributed by atoms with E-state index in [2.05, 4.69) is 16.9 Å². The number of rotatable bonds is 3. The Bertz CT molecular complexity index is 198. The minimum atomic E-state index is -0.943. The van der Waals surface area contributed by atoms with Crippen LogP contribution in [0.15, 0.2) is 12.2 Å². The van der Waals surface area contributed by atoms with E-state index < -0.39 is 12.1 Å². The highest BCUT2D eigenvalue weighted by Gasteiger charge is 2.21. The summed E-state index contributed by atoms with van der Waals surface area (Å²) in [5.41, 5.74) is 0. The quantitative estimate of drug-likeness (QED) is 0.530. The molecule has 0 fully saturated rings. The number of ether oxygens (including phenoxy) is 1. The predicted octanol–water partition coefficient (Wildman–Crippen LogP) is 1.27. The molecule has 0 saturated carbocycles. The first-order valence-electron chi connectivity index (χ1n) is 4.65. The van der Waals surface area contributed by atoms with Crippen LogP contribution in [0.1, 0.15) is 25.7 Å². The molecule has 3 nitrogen and oxygen atoms in total. The van der Waals surface area contributed by atoms with Crippen molar-refractivity contribution in [1.29, 1.82) is 0 Å². The Kier molecular flexibility index (Phi) is 3.96. The molecule has 0 radical (unpaired) electrons. The van der Waals surface area contributed by atoms with Gasteiger partial charge in [0.25, 0.3) is 0 Å². The molecule has 1 aliphatic rings. The summed E-state index contributed by atoms with van der Waals surface area (Å²) in [7, 11) is 1.30. The van der Waals surface area contributed by atoms with Gasteiger partial charge in [0.15, 0.2) is 6.10 Å². The molecule has 0 aromatic rings. The van der Waals surface area contributed by atoms with Crippen molar-refractivity contribution in [3.63, 3.8) is 0 Å². The summed E-state index contributed by atoms with van der Waals surface area (Å²) in [6, 6.07) is 0. The molecule has 2 atom stereocenters. The first-order valence-corrected chi connectivity index (χ1v) is 4.65. The summed E-state index contributed by atoms with van der Waals surface area (Å²) in [6.07, 6.45) is 6.91. The number of hydrogen-bond acceptors (Lipinski definition) is 3. The van der Waals surface area contributed by atoms with Gasteiger partial charge in [-0.1, -0.05) is 12.2 Å². The number of carbonyl (C=O) groups excluding carboxylic acids is 1. The van der Waals surface area contributed by atoms with E-state index in [1.54, 1.807) is 0 Å². The highest BCUT2D eigenvalue weighted by Crippen LogP contribution is 2.22. The van der Waals surface area contributed by atoms with Crippen molar-refractivity contribution >= 4 is 5.97 Å². The molecular weight excluding hydrogens is 168 g/mol. The van der Waals surface area contributed by atoms with Gasteiger partial charge in [0.1, 0.15) is 0 Å². The monoisotopic (exact) mass is 184 g/mol. The van der Waals surface area contributed by atoms with Crippen molar-refractivity contribution in [1.82, 2.24) is 0 Å². The van der Waals surface area contributed by atoms with E-state index in [9.17, 15) is 9.90 Å². The summed E-state index contributed by atoms with van der Waals surface area (Å²) in [4.78, 5) is 10.9. The normalized spacial score (nSPS) is 24.0. The minimum Gasteiger partial charge on any atom is -0.467 e. The summed E-state index contributed by atoms with van der Waals surface area (Å²) >= 11 is 0. The van der Waals surface area contributed by atoms with E-state index in [4.69, 9.17) is 0 Å². The summed E-state index contributed by atoms with van der Waals surface area (Å²) in [5, 5.41) is 9.37. The third-order valence-corrected chi connectivity index (χ3v) is 2.41. The van der Waals surface area contributed by atoms with Crippen LogP contribution in [-0.2, 0) is 9.53 Å². The Morgan fingerprint density at radius 2 is 2.46 bits per heavy atom. The van der Waals surface area contributed by atoms with Gasteiger partial charge in [-0.15, -0.1) is 0 Å². The molecule has 0 amide bonds. The molecule has 0 aromatic heterocycles. The van der Waals surface area contributed by atoms with Crippen LogP contribution >= 0.6 is 0 Å². The van der Waals surface area contributed by atoms with Crippen LogP contribution in [-0.4, -0.2) is 24.3 Å². The van der Waals surface area contributed by atoms with E-state index in [1.165, 1.54) is 7.11 Å². The number of aliphatic hydroxyl groups excluding tert-OH is 1. The zero-order chi connectivity index (χ0) is 9.68. The van der Waals surface area contributed by atoms with E-state index >= 15 is 0 Å². The largest absolute Gasteiger partial charge is 0.467 e. The van der Waals surface area contributed by atoms with Gasteiger partial charge in [-0.25, -0.2) is 4.79 Å². The first kappa shape index (κ1) is 10.3. The van der Waals surface area contributed by atoms with Crippen molar-refractivity contribution in [2.45, 2.75) is 31.8 Å². The van der Waals surface area contributed by atoms with Gasteiger partial charge < -0.3 is 9.84 Å². The van der Waals surface area contributed by atoms with Crippen LogP contribution in [0.2, 0.25) is 0 Å². The van der Waals surface area contributed by atoms with Gasteiger partial charge in [-0.05, 0) is 31.6 Å². The molecule has 1 N–H and O–H groups in total. The molecule has 13 heavy (non-hydrogen) atoms. The van der Waals surface area contributed by atoms with Crippen molar-refractivity contribution in [3.05, 3.63) is 12.2 Å². The van der Waals surface area contributed by atoms with Crippen molar-refractivity contribution in [2.24, 2.45) is 5.92 Å². The van der Waals surface area contributed by atoms with E-state index in [-0.39, 0.29) is 0 Å². The van der Waals surface area contributed by atoms with Crippen LogP contribution in [0.5, 0.6) is 0 Å². The number of esters is 1. The van der Waals surface area contributed by atoms with Crippen LogP contribution in [0.25, 0.3) is 0 Å². The van der Waals surface area contributed by atoms with Gasteiger partial charge in [0.05, 0.1) is 7.11 Å². The van der Waals surface area contributed by atoms with Crippen LogP contribution < -0.4 is 0 Å². The van der Waals surface area contributed by atoms with Crippen LogP contribution in [0.4, 0.5) is 0 Å². The molecule has 0 aromatic carbocycles. The zero-order valence-electron chi connectivity index (χ0n) is 7.90. The predicted molar refractivity (Wildman–Crippen MR) is 49.1 cm³/mol. The van der Waals surface area contributed by atoms with E-state index in [0.717, 1.165) is 19.3 Å². The maximum absolute atomic E-state index is 10.9. The van der Waals surface area contributed by atoms with Gasteiger partial charge in [0.2, 0.25) is 0 Å². The molecule has 0 spiro atoms. The average molecular weight is 184 g/mol. The zero-order valence-corrected chi connectivity index (χ0v) is 7.90. The number of carbonyl (C=O) groups is 1. The highest BCUT2D eigenvalue weighted by atomic mass is 16.5.